The molecule has 6 N–H and O–H groups in total. The van der Waals surface area contributed by atoms with E-state index in [1.165, 1.54) is 12.2 Å². The average Bonchev–Trinajstić information content (AvgIpc) is 2.40. The molecular formula is C14H17N3O4. The minimum Gasteiger partial charge on any atom is -0.480 e. The lowest BCUT2D eigenvalue weighted by Gasteiger charge is -2.11. The molecule has 2 amide bonds. The highest BCUT2D eigenvalue weighted by Gasteiger charge is 2.19. The summed E-state index contributed by atoms with van der Waals surface area (Å²) in [6.45, 7) is 0. The van der Waals surface area contributed by atoms with Crippen molar-refractivity contribution >= 4 is 29.5 Å². The Morgan fingerprint density at radius 3 is 2.62 bits per heavy atom. The number of amides is 2. The van der Waals surface area contributed by atoms with Crippen LogP contribution < -0.4 is 16.8 Å². The van der Waals surface area contributed by atoms with Crippen LogP contribution in [0.2, 0.25) is 0 Å². The number of nitrogens with two attached hydrogens (primary N) is 2. The first kappa shape index (κ1) is 16.2. The third kappa shape index (κ3) is 6.24. The van der Waals surface area contributed by atoms with Crippen LogP contribution in [-0.4, -0.2) is 28.9 Å². The lowest BCUT2D eigenvalue weighted by molar-refractivity contribution is -0.141. The van der Waals surface area contributed by atoms with E-state index in [0.29, 0.717) is 11.3 Å². The third-order valence-electron chi connectivity index (χ3n) is 2.63. The maximum atomic E-state index is 11.7. The van der Waals surface area contributed by atoms with Gasteiger partial charge in [-0.25, -0.2) is 4.79 Å². The molecule has 21 heavy (non-hydrogen) atoms. The van der Waals surface area contributed by atoms with Crippen LogP contribution in [0.1, 0.15) is 18.4 Å². The van der Waals surface area contributed by atoms with Gasteiger partial charge in [-0.2, -0.15) is 0 Å². The van der Waals surface area contributed by atoms with Crippen LogP contribution in [0.3, 0.4) is 0 Å². The largest absolute Gasteiger partial charge is 0.480 e. The molecule has 0 fully saturated rings. The SMILES string of the molecule is NC(=O)CCC(NC(=O)/C=C/c1cccc(N)c1)C(=O)O. The lowest BCUT2D eigenvalue weighted by atomic mass is 10.1. The smallest absolute Gasteiger partial charge is 0.326 e. The number of benzene rings is 1. The Hall–Kier alpha value is -2.83. The van der Waals surface area contributed by atoms with Gasteiger partial charge in [0.1, 0.15) is 6.04 Å². The number of primary amides is 1. The van der Waals surface area contributed by atoms with Gasteiger partial charge in [-0.3, -0.25) is 9.59 Å². The van der Waals surface area contributed by atoms with E-state index < -0.39 is 23.8 Å². The normalized spacial score (nSPS) is 12.0. The van der Waals surface area contributed by atoms with E-state index in [0.717, 1.165) is 0 Å². The Bertz CT molecular complexity index is 569. The molecule has 0 aliphatic heterocycles. The zero-order valence-corrected chi connectivity index (χ0v) is 11.3. The summed E-state index contributed by atoms with van der Waals surface area (Å²) in [6.07, 6.45) is 2.55. The number of carboxylic acid groups (broad SMARTS) is 1. The summed E-state index contributed by atoms with van der Waals surface area (Å²) >= 11 is 0. The average molecular weight is 291 g/mol. The maximum absolute atomic E-state index is 11.7. The summed E-state index contributed by atoms with van der Waals surface area (Å²) in [5.74, 6) is -2.41. The maximum Gasteiger partial charge on any atom is 0.326 e. The standard InChI is InChI=1S/C14H17N3O4/c15-10-3-1-2-9(8-10)4-7-13(19)17-11(14(20)21)5-6-12(16)18/h1-4,7-8,11H,5-6,15H2,(H2,16,18)(H,17,19)(H,20,21)/b7-4+. The number of carboxylic acids is 1. The Kier molecular flexibility index (Phi) is 5.94. The molecule has 0 saturated carbocycles. The van der Waals surface area contributed by atoms with Crippen molar-refractivity contribution in [3.8, 4) is 0 Å². The number of anilines is 1. The highest BCUT2D eigenvalue weighted by Crippen LogP contribution is 2.08. The second-order valence-electron chi connectivity index (χ2n) is 4.41. The van der Waals surface area contributed by atoms with Crippen molar-refractivity contribution in [1.82, 2.24) is 5.32 Å². The quantitative estimate of drug-likeness (QED) is 0.418. The van der Waals surface area contributed by atoms with E-state index in [1.807, 2.05) is 0 Å². The van der Waals surface area contributed by atoms with Crippen molar-refractivity contribution in [2.24, 2.45) is 5.73 Å². The molecule has 0 radical (unpaired) electrons. The van der Waals surface area contributed by atoms with E-state index in [9.17, 15) is 14.4 Å². The molecule has 1 aromatic carbocycles. The molecule has 0 aliphatic rings. The number of hydrogen-bond acceptors (Lipinski definition) is 4. The van der Waals surface area contributed by atoms with E-state index in [1.54, 1.807) is 24.3 Å². The Morgan fingerprint density at radius 2 is 2.05 bits per heavy atom. The van der Waals surface area contributed by atoms with Gasteiger partial charge < -0.3 is 21.9 Å². The molecule has 7 heteroatoms. The molecule has 0 heterocycles. The summed E-state index contributed by atoms with van der Waals surface area (Å²) < 4.78 is 0. The minimum atomic E-state index is -1.22. The molecule has 112 valence electrons. The van der Waals surface area contributed by atoms with Gasteiger partial charge in [0, 0.05) is 18.2 Å². The van der Waals surface area contributed by atoms with Crippen LogP contribution in [-0.2, 0) is 14.4 Å². The lowest BCUT2D eigenvalue weighted by Crippen LogP contribution is -2.40. The van der Waals surface area contributed by atoms with Crippen LogP contribution in [0, 0.1) is 0 Å². The second kappa shape index (κ2) is 7.68. The predicted octanol–water partition coefficient (Wildman–Crippen LogP) is 0.117. The van der Waals surface area contributed by atoms with Gasteiger partial charge in [0.05, 0.1) is 0 Å². The van der Waals surface area contributed by atoms with Crippen LogP contribution in [0.5, 0.6) is 0 Å². The Labute approximate surface area is 121 Å². The third-order valence-corrected chi connectivity index (χ3v) is 2.63. The van der Waals surface area contributed by atoms with Gasteiger partial charge in [0.25, 0.3) is 0 Å². The first-order valence-electron chi connectivity index (χ1n) is 6.23. The van der Waals surface area contributed by atoms with Crippen LogP contribution in [0.4, 0.5) is 5.69 Å². The molecule has 1 unspecified atom stereocenters. The predicted molar refractivity (Wildman–Crippen MR) is 77.9 cm³/mol. The molecule has 0 aliphatic carbocycles. The zero-order chi connectivity index (χ0) is 15.8. The number of aliphatic carboxylic acids is 1. The Balaban J connectivity index is 2.61. The van der Waals surface area contributed by atoms with Gasteiger partial charge in [-0.15, -0.1) is 0 Å². The van der Waals surface area contributed by atoms with Gasteiger partial charge in [0.15, 0.2) is 0 Å². The summed E-state index contributed by atoms with van der Waals surface area (Å²) in [7, 11) is 0. The first-order valence-corrected chi connectivity index (χ1v) is 6.23. The van der Waals surface area contributed by atoms with E-state index in [-0.39, 0.29) is 12.8 Å². The molecule has 0 spiro atoms. The van der Waals surface area contributed by atoms with Gasteiger partial charge in [-0.05, 0) is 30.2 Å². The number of rotatable bonds is 7. The number of carbonyl (C=O) groups is 3. The number of carbonyl (C=O) groups excluding carboxylic acids is 2. The van der Waals surface area contributed by atoms with Crippen molar-refractivity contribution in [2.75, 3.05) is 5.73 Å². The zero-order valence-electron chi connectivity index (χ0n) is 11.3. The highest BCUT2D eigenvalue weighted by molar-refractivity contribution is 5.94. The molecule has 0 saturated heterocycles. The van der Waals surface area contributed by atoms with Crippen molar-refractivity contribution in [3.05, 3.63) is 35.9 Å². The van der Waals surface area contributed by atoms with Crippen LogP contribution in [0.25, 0.3) is 6.08 Å². The van der Waals surface area contributed by atoms with Gasteiger partial charge in [0.2, 0.25) is 11.8 Å². The van der Waals surface area contributed by atoms with Crippen molar-refractivity contribution in [1.29, 1.82) is 0 Å². The topological polar surface area (TPSA) is 136 Å². The Morgan fingerprint density at radius 1 is 1.33 bits per heavy atom. The number of hydrogen-bond donors (Lipinski definition) is 4. The second-order valence-corrected chi connectivity index (χ2v) is 4.41. The fraction of sp³-hybridized carbons (Fsp3) is 0.214. The molecule has 0 bridgehead atoms. The highest BCUT2D eigenvalue weighted by atomic mass is 16.4. The summed E-state index contributed by atoms with van der Waals surface area (Å²) in [5.41, 5.74) is 11.8. The van der Waals surface area contributed by atoms with E-state index in [4.69, 9.17) is 16.6 Å². The molecule has 1 rings (SSSR count). The minimum absolute atomic E-state index is 0.0530. The van der Waals surface area contributed by atoms with Crippen LogP contribution in [0.15, 0.2) is 30.3 Å². The van der Waals surface area contributed by atoms with Crippen molar-refractivity contribution in [2.45, 2.75) is 18.9 Å². The van der Waals surface area contributed by atoms with E-state index >= 15 is 0 Å². The first-order chi connectivity index (χ1) is 9.88. The number of nitrogen functional groups attached to an aromatic ring is 1. The van der Waals surface area contributed by atoms with Crippen LogP contribution >= 0.6 is 0 Å². The fourth-order valence-corrected chi connectivity index (χ4v) is 1.60. The monoisotopic (exact) mass is 291 g/mol. The number of nitrogens with one attached hydrogen (secondary N) is 1. The molecule has 0 aromatic heterocycles. The van der Waals surface area contributed by atoms with Gasteiger partial charge in [-0.1, -0.05) is 12.1 Å². The molecule has 7 nitrogen and oxygen atoms in total. The van der Waals surface area contributed by atoms with Crippen molar-refractivity contribution < 1.29 is 19.5 Å². The molecule has 1 aromatic rings. The van der Waals surface area contributed by atoms with Crippen molar-refractivity contribution in [3.63, 3.8) is 0 Å². The summed E-state index contributed by atoms with van der Waals surface area (Å²) in [6, 6.07) is 5.71. The molecule has 1 atom stereocenters. The summed E-state index contributed by atoms with van der Waals surface area (Å²) in [4.78, 5) is 33.3. The summed E-state index contributed by atoms with van der Waals surface area (Å²) in [5, 5.41) is 11.2. The van der Waals surface area contributed by atoms with E-state index in [2.05, 4.69) is 5.32 Å². The molecular weight excluding hydrogens is 274 g/mol. The van der Waals surface area contributed by atoms with Gasteiger partial charge >= 0.3 is 5.97 Å². The fourth-order valence-electron chi connectivity index (χ4n) is 1.60.